The Kier molecular flexibility index (Phi) is 6.56. The SMILES string of the molecule is Cn1c(N2CCC3(CCC[C@@H]3CC(C)(C)S(N)=O)CC2)ncc(Sc2cccc3[nH]ncc23)c1=O. The molecule has 3 aromatic rings. The van der Waals surface area contributed by atoms with Crippen LogP contribution in [-0.4, -0.2) is 41.8 Å². The fourth-order valence-corrected chi connectivity index (χ4v) is 7.39. The number of aromatic amines is 1. The Labute approximate surface area is 212 Å². The highest BCUT2D eigenvalue weighted by Gasteiger charge is 2.47. The normalized spacial score (nSPS) is 21.1. The van der Waals surface area contributed by atoms with Crippen molar-refractivity contribution >= 4 is 39.6 Å². The topological polar surface area (TPSA) is 110 Å². The Morgan fingerprint density at radius 3 is 2.74 bits per heavy atom. The summed E-state index contributed by atoms with van der Waals surface area (Å²) in [6.45, 7) is 5.81. The molecule has 1 unspecified atom stereocenters. The molecule has 188 valence electrons. The Balaban J connectivity index is 1.31. The average molecular weight is 515 g/mol. The molecule has 1 spiro atoms. The number of fused-ring (bicyclic) bond motifs is 1. The molecule has 3 heterocycles. The zero-order valence-electron chi connectivity index (χ0n) is 20.6. The molecular weight excluding hydrogens is 480 g/mol. The smallest absolute Gasteiger partial charge is 0.268 e. The van der Waals surface area contributed by atoms with Gasteiger partial charge in [0.05, 0.1) is 38.5 Å². The number of H-pyrrole nitrogens is 1. The van der Waals surface area contributed by atoms with Crippen molar-refractivity contribution in [3.63, 3.8) is 0 Å². The number of nitrogens with zero attached hydrogens (tertiary/aromatic N) is 4. The highest BCUT2D eigenvalue weighted by molar-refractivity contribution is 7.99. The maximum absolute atomic E-state index is 13.2. The van der Waals surface area contributed by atoms with Gasteiger partial charge in [0.25, 0.3) is 5.56 Å². The van der Waals surface area contributed by atoms with Crippen molar-refractivity contribution in [2.75, 3.05) is 18.0 Å². The molecule has 2 aromatic heterocycles. The van der Waals surface area contributed by atoms with Gasteiger partial charge in [0.2, 0.25) is 5.95 Å². The van der Waals surface area contributed by atoms with Crippen molar-refractivity contribution in [1.82, 2.24) is 19.7 Å². The van der Waals surface area contributed by atoms with Gasteiger partial charge in [0.1, 0.15) is 0 Å². The van der Waals surface area contributed by atoms with Crippen LogP contribution in [0.25, 0.3) is 10.9 Å². The van der Waals surface area contributed by atoms with Crippen LogP contribution in [0, 0.1) is 11.3 Å². The van der Waals surface area contributed by atoms with Crippen LogP contribution in [0.15, 0.2) is 45.2 Å². The zero-order valence-corrected chi connectivity index (χ0v) is 22.3. The van der Waals surface area contributed by atoms with E-state index < -0.39 is 11.0 Å². The number of aromatic nitrogens is 4. The third kappa shape index (κ3) is 4.56. The first-order chi connectivity index (χ1) is 16.7. The van der Waals surface area contributed by atoms with Crippen molar-refractivity contribution in [3.8, 4) is 0 Å². The standard InChI is InChI=1S/C25H34N6O2S2/c1-24(2,35(26)33)14-17-6-5-9-25(17)10-12-31(13-11-25)23-27-16-21(22(32)30(23)3)34-20-8-4-7-19-18(20)15-28-29-19/h4,7-8,15-17H,5-6,9-14,26H2,1-3H3,(H,28,29)/t17-,35?/m1/s1. The molecule has 10 heteroatoms. The second-order valence-electron chi connectivity index (χ2n) is 10.7. The van der Waals surface area contributed by atoms with E-state index in [1.807, 2.05) is 39.1 Å². The number of nitrogens with one attached hydrogen (secondary N) is 1. The minimum Gasteiger partial charge on any atom is -0.342 e. The maximum atomic E-state index is 13.2. The molecule has 2 atom stereocenters. The monoisotopic (exact) mass is 514 g/mol. The highest BCUT2D eigenvalue weighted by atomic mass is 32.2. The summed E-state index contributed by atoms with van der Waals surface area (Å²) in [6, 6.07) is 5.93. The largest absolute Gasteiger partial charge is 0.342 e. The number of anilines is 1. The molecule has 2 fully saturated rings. The van der Waals surface area contributed by atoms with E-state index in [2.05, 4.69) is 15.1 Å². The van der Waals surface area contributed by atoms with Gasteiger partial charge in [0, 0.05) is 30.4 Å². The Morgan fingerprint density at radius 2 is 2.00 bits per heavy atom. The zero-order chi connectivity index (χ0) is 24.8. The van der Waals surface area contributed by atoms with E-state index in [9.17, 15) is 9.00 Å². The van der Waals surface area contributed by atoms with Crippen molar-refractivity contribution in [2.24, 2.45) is 23.5 Å². The molecule has 0 radical (unpaired) electrons. The van der Waals surface area contributed by atoms with Gasteiger partial charge in [-0.1, -0.05) is 24.2 Å². The van der Waals surface area contributed by atoms with E-state index in [1.54, 1.807) is 17.0 Å². The van der Waals surface area contributed by atoms with Crippen LogP contribution in [-0.2, 0) is 18.0 Å². The third-order valence-electron chi connectivity index (χ3n) is 8.20. The summed E-state index contributed by atoms with van der Waals surface area (Å²) < 4.78 is 13.4. The van der Waals surface area contributed by atoms with Crippen molar-refractivity contribution in [1.29, 1.82) is 0 Å². The first-order valence-electron chi connectivity index (χ1n) is 12.3. The second-order valence-corrected chi connectivity index (χ2v) is 13.5. The number of nitrogens with two attached hydrogens (primary N) is 1. The van der Waals surface area contributed by atoms with Gasteiger partial charge < -0.3 is 4.90 Å². The number of hydrogen-bond acceptors (Lipinski definition) is 6. The molecule has 1 saturated carbocycles. The maximum Gasteiger partial charge on any atom is 0.268 e. The summed E-state index contributed by atoms with van der Waals surface area (Å²) in [7, 11) is 0.490. The third-order valence-corrected chi connectivity index (χ3v) is 10.5. The van der Waals surface area contributed by atoms with E-state index in [4.69, 9.17) is 10.1 Å². The summed E-state index contributed by atoms with van der Waals surface area (Å²) in [6.07, 6.45) is 10.2. The summed E-state index contributed by atoms with van der Waals surface area (Å²) in [5.41, 5.74) is 1.20. The van der Waals surface area contributed by atoms with E-state index in [-0.39, 0.29) is 15.7 Å². The Hall–Kier alpha value is -2.17. The lowest BCUT2D eigenvalue weighted by molar-refractivity contribution is 0.133. The molecule has 0 bridgehead atoms. The van der Waals surface area contributed by atoms with Crippen molar-refractivity contribution < 1.29 is 4.21 Å². The van der Waals surface area contributed by atoms with E-state index in [0.717, 1.165) is 54.1 Å². The first kappa shape index (κ1) is 24.5. The van der Waals surface area contributed by atoms with Crippen LogP contribution in [0.3, 0.4) is 0 Å². The second kappa shape index (κ2) is 9.37. The van der Waals surface area contributed by atoms with Gasteiger partial charge in [-0.2, -0.15) is 5.10 Å². The molecular formula is C25H34N6O2S2. The van der Waals surface area contributed by atoms with E-state index >= 15 is 0 Å². The van der Waals surface area contributed by atoms with Crippen molar-refractivity contribution in [2.45, 2.75) is 66.9 Å². The Bertz CT molecular complexity index is 1310. The number of benzene rings is 1. The van der Waals surface area contributed by atoms with Crippen molar-refractivity contribution in [3.05, 3.63) is 40.9 Å². The average Bonchev–Trinajstić information content (AvgIpc) is 3.46. The van der Waals surface area contributed by atoms with E-state index in [0.29, 0.717) is 10.8 Å². The molecule has 35 heavy (non-hydrogen) atoms. The predicted octanol–water partition coefficient (Wildman–Crippen LogP) is 3.99. The number of piperidine rings is 1. The molecule has 1 aromatic carbocycles. The molecule has 1 saturated heterocycles. The van der Waals surface area contributed by atoms with Crippen LogP contribution in [0.5, 0.6) is 0 Å². The highest BCUT2D eigenvalue weighted by Crippen LogP contribution is 2.53. The lowest BCUT2D eigenvalue weighted by atomic mass is 9.68. The first-order valence-corrected chi connectivity index (χ1v) is 14.3. The van der Waals surface area contributed by atoms with Gasteiger partial charge in [-0.3, -0.25) is 19.6 Å². The van der Waals surface area contributed by atoms with Gasteiger partial charge in [0.15, 0.2) is 0 Å². The van der Waals surface area contributed by atoms with Gasteiger partial charge in [-0.05, 0) is 69.4 Å². The van der Waals surface area contributed by atoms with Gasteiger partial charge in [-0.15, -0.1) is 0 Å². The molecule has 2 aliphatic rings. The summed E-state index contributed by atoms with van der Waals surface area (Å²) >= 11 is 1.43. The van der Waals surface area contributed by atoms with Gasteiger partial charge in [-0.25, -0.2) is 9.19 Å². The van der Waals surface area contributed by atoms with E-state index in [1.165, 1.54) is 31.0 Å². The molecule has 0 amide bonds. The van der Waals surface area contributed by atoms with Crippen LogP contribution in [0.2, 0.25) is 0 Å². The number of hydrogen-bond donors (Lipinski definition) is 2. The quantitative estimate of drug-likeness (QED) is 0.515. The van der Waals surface area contributed by atoms with Crippen LogP contribution in [0.4, 0.5) is 5.95 Å². The molecule has 3 N–H and O–H groups in total. The summed E-state index contributed by atoms with van der Waals surface area (Å²) in [5, 5.41) is 13.9. The molecule has 5 rings (SSSR count). The van der Waals surface area contributed by atoms with Gasteiger partial charge >= 0.3 is 0 Å². The number of rotatable bonds is 6. The Morgan fingerprint density at radius 1 is 1.23 bits per heavy atom. The summed E-state index contributed by atoms with van der Waals surface area (Å²) in [5.74, 6) is 1.28. The lowest BCUT2D eigenvalue weighted by Crippen LogP contribution is -2.46. The van der Waals surface area contributed by atoms with Crippen LogP contribution >= 0.6 is 11.8 Å². The molecule has 1 aliphatic heterocycles. The van der Waals surface area contributed by atoms with Crippen LogP contribution in [0.1, 0.15) is 52.4 Å². The minimum absolute atomic E-state index is 0.0355. The lowest BCUT2D eigenvalue weighted by Gasteiger charge is -2.45. The minimum atomic E-state index is -1.32. The van der Waals surface area contributed by atoms with Crippen LogP contribution < -0.4 is 15.6 Å². The predicted molar refractivity (Wildman–Crippen MR) is 142 cm³/mol. The molecule has 1 aliphatic carbocycles. The fraction of sp³-hybridized carbons (Fsp3) is 0.560. The fourth-order valence-electron chi connectivity index (χ4n) is 6.04. The summed E-state index contributed by atoms with van der Waals surface area (Å²) in [4.78, 5) is 21.8. The molecule has 8 nitrogen and oxygen atoms in total.